The largest absolute Gasteiger partial charge is 0.481 e. The minimum absolute atomic E-state index is 0.0357. The van der Waals surface area contributed by atoms with Gasteiger partial charge in [-0.05, 0) is 26.2 Å². The zero-order chi connectivity index (χ0) is 16.3. The SMILES string of the molecule is CCN(CC(F)(F)F)C(=O)N1CCCC(CC)(C(=O)O)C1. The summed E-state index contributed by atoms with van der Waals surface area (Å²) in [5.41, 5.74) is -1.05. The number of urea groups is 1. The third-order valence-corrected chi connectivity index (χ3v) is 4.00. The molecule has 0 saturated carbocycles. The van der Waals surface area contributed by atoms with Gasteiger partial charge >= 0.3 is 18.2 Å². The summed E-state index contributed by atoms with van der Waals surface area (Å²) >= 11 is 0. The first-order valence-corrected chi connectivity index (χ1v) is 6.99. The van der Waals surface area contributed by atoms with E-state index in [-0.39, 0.29) is 13.1 Å². The minimum Gasteiger partial charge on any atom is -0.481 e. The van der Waals surface area contributed by atoms with Crippen LogP contribution in [0.1, 0.15) is 33.1 Å². The van der Waals surface area contributed by atoms with Crippen molar-refractivity contribution in [1.29, 1.82) is 0 Å². The van der Waals surface area contributed by atoms with Gasteiger partial charge < -0.3 is 14.9 Å². The van der Waals surface area contributed by atoms with E-state index in [9.17, 15) is 27.9 Å². The second-order valence-electron chi connectivity index (χ2n) is 5.38. The van der Waals surface area contributed by atoms with Crippen LogP contribution < -0.4 is 0 Å². The van der Waals surface area contributed by atoms with Crippen molar-refractivity contribution in [2.24, 2.45) is 5.41 Å². The minimum atomic E-state index is -4.46. The van der Waals surface area contributed by atoms with E-state index in [1.54, 1.807) is 6.92 Å². The molecule has 0 aromatic carbocycles. The first-order chi connectivity index (χ1) is 9.65. The Labute approximate surface area is 121 Å². The molecule has 21 heavy (non-hydrogen) atoms. The zero-order valence-corrected chi connectivity index (χ0v) is 12.2. The van der Waals surface area contributed by atoms with Crippen LogP contribution in [0.15, 0.2) is 0 Å². The Morgan fingerprint density at radius 3 is 2.38 bits per heavy atom. The fourth-order valence-corrected chi connectivity index (χ4v) is 2.64. The average molecular weight is 310 g/mol. The van der Waals surface area contributed by atoms with Crippen LogP contribution >= 0.6 is 0 Å². The highest BCUT2D eigenvalue weighted by Crippen LogP contribution is 2.34. The molecule has 8 heteroatoms. The molecule has 0 aromatic rings. The Kier molecular flexibility index (Phi) is 5.47. The number of hydrogen-bond acceptors (Lipinski definition) is 2. The molecule has 1 unspecified atom stereocenters. The molecule has 2 amide bonds. The van der Waals surface area contributed by atoms with E-state index < -0.39 is 30.1 Å². The second kappa shape index (κ2) is 6.53. The lowest BCUT2D eigenvalue weighted by Gasteiger charge is -2.41. The molecule has 0 aliphatic carbocycles. The number of hydrogen-bond donors (Lipinski definition) is 1. The van der Waals surface area contributed by atoms with Gasteiger partial charge in [0.25, 0.3) is 0 Å². The fourth-order valence-electron chi connectivity index (χ4n) is 2.64. The van der Waals surface area contributed by atoms with E-state index in [0.717, 1.165) is 0 Å². The van der Waals surface area contributed by atoms with Crippen LogP contribution in [0.3, 0.4) is 0 Å². The maximum Gasteiger partial charge on any atom is 0.406 e. The van der Waals surface area contributed by atoms with E-state index in [0.29, 0.717) is 30.7 Å². The van der Waals surface area contributed by atoms with E-state index in [1.165, 1.54) is 11.8 Å². The molecule has 122 valence electrons. The normalized spacial score (nSPS) is 23.0. The lowest BCUT2D eigenvalue weighted by molar-refractivity contribution is -0.153. The van der Waals surface area contributed by atoms with Gasteiger partial charge in [0.2, 0.25) is 0 Å². The molecule has 1 aliphatic rings. The third-order valence-electron chi connectivity index (χ3n) is 4.00. The first-order valence-electron chi connectivity index (χ1n) is 6.99. The molecule has 1 saturated heterocycles. The fraction of sp³-hybridized carbons (Fsp3) is 0.846. The maximum absolute atomic E-state index is 12.5. The van der Waals surface area contributed by atoms with Crippen molar-refractivity contribution in [3.63, 3.8) is 0 Å². The summed E-state index contributed by atoms with van der Waals surface area (Å²) in [6, 6.07) is -0.742. The Balaban J connectivity index is 2.83. The predicted octanol–water partition coefficient (Wildman–Crippen LogP) is 2.57. The highest BCUT2D eigenvalue weighted by atomic mass is 19.4. The van der Waals surface area contributed by atoms with Gasteiger partial charge in [0.05, 0.1) is 5.41 Å². The molecule has 1 heterocycles. The van der Waals surface area contributed by atoms with Gasteiger partial charge in [0.1, 0.15) is 6.54 Å². The number of alkyl halides is 3. The van der Waals surface area contributed by atoms with Gasteiger partial charge in [-0.15, -0.1) is 0 Å². The zero-order valence-electron chi connectivity index (χ0n) is 12.2. The smallest absolute Gasteiger partial charge is 0.406 e. The summed E-state index contributed by atoms with van der Waals surface area (Å²) in [7, 11) is 0. The van der Waals surface area contributed by atoms with E-state index in [1.807, 2.05) is 0 Å². The van der Waals surface area contributed by atoms with Crippen molar-refractivity contribution in [1.82, 2.24) is 9.80 Å². The van der Waals surface area contributed by atoms with Crippen molar-refractivity contribution in [2.75, 3.05) is 26.2 Å². The molecular formula is C13H21F3N2O3. The van der Waals surface area contributed by atoms with Crippen LogP contribution in [0, 0.1) is 5.41 Å². The number of carbonyl (C=O) groups excluding carboxylic acids is 1. The lowest BCUT2D eigenvalue weighted by atomic mass is 9.78. The standard InChI is InChI=1S/C13H21F3N2O3/c1-3-12(10(19)20)6-5-7-18(8-12)11(21)17(4-2)9-13(14,15)16/h3-9H2,1-2H3,(H,19,20). The number of aliphatic carboxylic acids is 1. The second-order valence-corrected chi connectivity index (χ2v) is 5.38. The third kappa shape index (κ3) is 4.25. The number of carboxylic acids is 1. The van der Waals surface area contributed by atoms with Crippen molar-refractivity contribution < 1.29 is 27.9 Å². The number of carbonyl (C=O) groups is 2. The predicted molar refractivity (Wildman–Crippen MR) is 69.9 cm³/mol. The van der Waals surface area contributed by atoms with Crippen LogP contribution in [-0.2, 0) is 4.79 Å². The van der Waals surface area contributed by atoms with E-state index >= 15 is 0 Å². The summed E-state index contributed by atoms with van der Waals surface area (Å²) in [5.74, 6) is -0.999. The van der Waals surface area contributed by atoms with Crippen molar-refractivity contribution in [3.8, 4) is 0 Å². The van der Waals surface area contributed by atoms with Gasteiger partial charge in [-0.2, -0.15) is 13.2 Å². The number of halogens is 3. The van der Waals surface area contributed by atoms with Gasteiger partial charge in [0.15, 0.2) is 0 Å². The van der Waals surface area contributed by atoms with Crippen LogP contribution in [-0.4, -0.2) is 59.3 Å². The average Bonchev–Trinajstić information content (AvgIpc) is 2.42. The Morgan fingerprint density at radius 2 is 1.95 bits per heavy atom. The summed E-state index contributed by atoms with van der Waals surface area (Å²) in [5, 5.41) is 9.34. The molecule has 0 spiro atoms. The number of rotatable bonds is 4. The Bertz CT molecular complexity index is 401. The summed E-state index contributed by atoms with van der Waals surface area (Å²) in [4.78, 5) is 25.5. The molecule has 0 bridgehead atoms. The highest BCUT2D eigenvalue weighted by molar-refractivity contribution is 5.79. The monoisotopic (exact) mass is 310 g/mol. The molecule has 5 nitrogen and oxygen atoms in total. The Morgan fingerprint density at radius 1 is 1.33 bits per heavy atom. The molecule has 1 fully saturated rings. The van der Waals surface area contributed by atoms with Crippen molar-refractivity contribution in [2.45, 2.75) is 39.3 Å². The quantitative estimate of drug-likeness (QED) is 0.868. The van der Waals surface area contributed by atoms with Crippen molar-refractivity contribution >= 4 is 12.0 Å². The van der Waals surface area contributed by atoms with Crippen LogP contribution in [0.25, 0.3) is 0 Å². The molecule has 1 rings (SSSR count). The summed E-state index contributed by atoms with van der Waals surface area (Å²) < 4.78 is 37.4. The van der Waals surface area contributed by atoms with Gasteiger partial charge in [0, 0.05) is 19.6 Å². The van der Waals surface area contributed by atoms with Crippen molar-refractivity contribution in [3.05, 3.63) is 0 Å². The number of nitrogens with zero attached hydrogens (tertiary/aromatic N) is 2. The van der Waals surface area contributed by atoms with Gasteiger partial charge in [-0.3, -0.25) is 4.79 Å². The van der Waals surface area contributed by atoms with Crippen LogP contribution in [0.2, 0.25) is 0 Å². The molecule has 0 radical (unpaired) electrons. The Hall–Kier alpha value is -1.47. The first kappa shape index (κ1) is 17.6. The molecule has 1 atom stereocenters. The van der Waals surface area contributed by atoms with Gasteiger partial charge in [-0.25, -0.2) is 4.79 Å². The summed E-state index contributed by atoms with van der Waals surface area (Å²) in [6.07, 6.45) is -3.20. The number of piperidine rings is 1. The van der Waals surface area contributed by atoms with E-state index in [2.05, 4.69) is 0 Å². The molecule has 0 aromatic heterocycles. The molecule has 1 aliphatic heterocycles. The highest BCUT2D eigenvalue weighted by Gasteiger charge is 2.43. The van der Waals surface area contributed by atoms with E-state index in [4.69, 9.17) is 0 Å². The molecular weight excluding hydrogens is 289 g/mol. The van der Waals surface area contributed by atoms with Crippen LogP contribution in [0.5, 0.6) is 0 Å². The molecule has 1 N–H and O–H groups in total. The lowest BCUT2D eigenvalue weighted by Crippen LogP contribution is -2.54. The summed E-state index contributed by atoms with van der Waals surface area (Å²) in [6.45, 7) is 2.06. The maximum atomic E-state index is 12.5. The number of likely N-dealkylation sites (tertiary alicyclic amines) is 1. The van der Waals surface area contributed by atoms with Gasteiger partial charge in [-0.1, -0.05) is 6.92 Å². The topological polar surface area (TPSA) is 60.9 Å². The number of carboxylic acid groups (broad SMARTS) is 1. The number of amides is 2. The van der Waals surface area contributed by atoms with Crippen LogP contribution in [0.4, 0.5) is 18.0 Å².